The molecule has 0 saturated carbocycles. The summed E-state index contributed by atoms with van der Waals surface area (Å²) >= 11 is 0. The molecule has 0 aliphatic heterocycles. The minimum absolute atomic E-state index is 0.273. The fraction of sp³-hybridized carbons (Fsp3) is 0.161. The maximum atomic E-state index is 14.3. The molecular formula is C31H29NO2. The Morgan fingerprint density at radius 1 is 0.618 bits per heavy atom. The molecule has 0 atom stereocenters. The molecule has 0 bridgehead atoms. The van der Waals surface area contributed by atoms with Crippen LogP contribution in [0.2, 0.25) is 0 Å². The smallest absolute Gasteiger partial charge is 0.265 e. The van der Waals surface area contributed by atoms with Crippen LogP contribution in [0.25, 0.3) is 0 Å². The van der Waals surface area contributed by atoms with Gasteiger partial charge in [-0.05, 0) is 62.1 Å². The lowest BCUT2D eigenvalue weighted by molar-refractivity contribution is -0.118. The molecule has 0 saturated heterocycles. The number of carbonyl (C=O) groups is 2. The molecule has 2 amide bonds. The minimum Gasteiger partial charge on any atom is -0.273 e. The third kappa shape index (κ3) is 4.69. The second-order valence-electron chi connectivity index (χ2n) is 8.84. The summed E-state index contributed by atoms with van der Waals surface area (Å²) in [6, 6.07) is 30.8. The number of hydrogen-bond acceptors (Lipinski definition) is 2. The number of rotatable bonds is 5. The first kappa shape index (κ1) is 23.2. The highest BCUT2D eigenvalue weighted by Gasteiger charge is 2.34. The quantitative estimate of drug-likeness (QED) is 0.333. The van der Waals surface area contributed by atoms with Crippen molar-refractivity contribution in [1.29, 1.82) is 0 Å². The Hall–Kier alpha value is -3.98. The molecule has 0 aromatic heterocycles. The molecule has 4 aromatic carbocycles. The Labute approximate surface area is 201 Å². The zero-order chi connectivity index (χ0) is 24.2. The molecule has 4 rings (SSSR count). The van der Waals surface area contributed by atoms with E-state index in [1.165, 1.54) is 4.90 Å². The van der Waals surface area contributed by atoms with Gasteiger partial charge in [-0.2, -0.15) is 0 Å². The molecule has 0 N–H and O–H groups in total. The Kier molecular flexibility index (Phi) is 6.74. The van der Waals surface area contributed by atoms with Crippen LogP contribution < -0.4 is 4.90 Å². The van der Waals surface area contributed by atoms with Crippen molar-refractivity contribution in [2.45, 2.75) is 33.6 Å². The molecule has 3 heteroatoms. The topological polar surface area (TPSA) is 37.4 Å². The van der Waals surface area contributed by atoms with Crippen molar-refractivity contribution < 1.29 is 9.59 Å². The number of anilines is 1. The van der Waals surface area contributed by atoms with E-state index in [-0.39, 0.29) is 11.8 Å². The lowest BCUT2D eigenvalue weighted by atomic mass is 9.89. The Morgan fingerprint density at radius 3 is 1.56 bits per heavy atom. The van der Waals surface area contributed by atoms with Gasteiger partial charge in [0.2, 0.25) is 5.91 Å². The van der Waals surface area contributed by atoms with E-state index in [1.54, 1.807) is 0 Å². The maximum Gasteiger partial charge on any atom is 0.265 e. The average molecular weight is 448 g/mol. The van der Waals surface area contributed by atoms with Gasteiger partial charge in [0.1, 0.15) is 0 Å². The summed E-state index contributed by atoms with van der Waals surface area (Å²) in [6.07, 6.45) is 0. The fourth-order valence-electron chi connectivity index (χ4n) is 4.57. The standard InChI is InChI=1S/C31H29NO2/c1-21-15-17-27(18-16-21)32(30(33)28-23(3)19-22(2)20-24(28)4)31(34)29(25-11-7-5-8-12-25)26-13-9-6-10-14-26/h5-20,29H,1-4H3. The zero-order valence-electron chi connectivity index (χ0n) is 20.1. The molecule has 0 radical (unpaired) electrons. The Balaban J connectivity index is 1.90. The van der Waals surface area contributed by atoms with E-state index in [9.17, 15) is 9.59 Å². The second kappa shape index (κ2) is 9.88. The summed E-state index contributed by atoms with van der Waals surface area (Å²) in [4.78, 5) is 29.8. The van der Waals surface area contributed by atoms with Gasteiger partial charge in [-0.25, -0.2) is 4.90 Å². The normalized spacial score (nSPS) is 10.9. The van der Waals surface area contributed by atoms with Gasteiger partial charge in [0.05, 0.1) is 11.6 Å². The summed E-state index contributed by atoms with van der Waals surface area (Å²) in [5.74, 6) is -1.19. The van der Waals surface area contributed by atoms with E-state index in [0.29, 0.717) is 11.3 Å². The van der Waals surface area contributed by atoms with E-state index in [2.05, 4.69) is 0 Å². The number of carbonyl (C=O) groups excluding carboxylic acids is 2. The fourth-order valence-corrected chi connectivity index (χ4v) is 4.57. The van der Waals surface area contributed by atoms with Gasteiger partial charge in [0.15, 0.2) is 0 Å². The summed E-state index contributed by atoms with van der Waals surface area (Å²) in [6.45, 7) is 7.86. The minimum atomic E-state index is -0.612. The number of amides is 2. The van der Waals surface area contributed by atoms with Gasteiger partial charge in [0.25, 0.3) is 5.91 Å². The summed E-state index contributed by atoms with van der Waals surface area (Å²) in [5.41, 5.74) is 6.71. The van der Waals surface area contributed by atoms with Crippen molar-refractivity contribution in [2.24, 2.45) is 0 Å². The predicted molar refractivity (Wildman–Crippen MR) is 138 cm³/mol. The van der Waals surface area contributed by atoms with Gasteiger partial charge in [-0.15, -0.1) is 0 Å². The van der Waals surface area contributed by atoms with E-state index in [4.69, 9.17) is 0 Å². The van der Waals surface area contributed by atoms with Crippen LogP contribution >= 0.6 is 0 Å². The highest BCUT2D eigenvalue weighted by atomic mass is 16.2. The molecule has 0 fully saturated rings. The lowest BCUT2D eigenvalue weighted by Crippen LogP contribution is -2.41. The SMILES string of the molecule is Cc1ccc(N(C(=O)c2c(C)cc(C)cc2C)C(=O)C(c2ccccc2)c2ccccc2)cc1. The average Bonchev–Trinajstić information content (AvgIpc) is 2.81. The first-order valence-corrected chi connectivity index (χ1v) is 11.5. The first-order valence-electron chi connectivity index (χ1n) is 11.5. The molecule has 0 aliphatic carbocycles. The van der Waals surface area contributed by atoms with Crippen molar-refractivity contribution in [3.8, 4) is 0 Å². The third-order valence-corrected chi connectivity index (χ3v) is 6.12. The molecule has 0 aliphatic rings. The molecule has 0 heterocycles. The zero-order valence-corrected chi connectivity index (χ0v) is 20.1. The van der Waals surface area contributed by atoms with Crippen LogP contribution in [0.1, 0.15) is 49.7 Å². The van der Waals surface area contributed by atoms with Crippen LogP contribution in [0.5, 0.6) is 0 Å². The molecule has 3 nitrogen and oxygen atoms in total. The van der Waals surface area contributed by atoms with Crippen LogP contribution in [-0.4, -0.2) is 11.8 Å². The third-order valence-electron chi connectivity index (χ3n) is 6.12. The van der Waals surface area contributed by atoms with E-state index in [1.807, 2.05) is 125 Å². The highest BCUT2D eigenvalue weighted by Crippen LogP contribution is 2.31. The van der Waals surface area contributed by atoms with Crippen molar-refractivity contribution in [1.82, 2.24) is 0 Å². The summed E-state index contributed by atoms with van der Waals surface area (Å²) in [5, 5.41) is 0. The van der Waals surface area contributed by atoms with Crippen molar-refractivity contribution in [2.75, 3.05) is 4.90 Å². The maximum absolute atomic E-state index is 14.3. The molecule has 0 spiro atoms. The monoisotopic (exact) mass is 447 g/mol. The molecule has 170 valence electrons. The summed E-state index contributed by atoms with van der Waals surface area (Å²) < 4.78 is 0. The van der Waals surface area contributed by atoms with Crippen molar-refractivity contribution in [3.05, 3.63) is 136 Å². The van der Waals surface area contributed by atoms with Gasteiger partial charge in [-0.3, -0.25) is 9.59 Å². The molecular weight excluding hydrogens is 418 g/mol. The van der Waals surface area contributed by atoms with Crippen LogP contribution in [0.15, 0.2) is 97.1 Å². The molecule has 34 heavy (non-hydrogen) atoms. The number of imide groups is 1. The van der Waals surface area contributed by atoms with Gasteiger partial charge >= 0.3 is 0 Å². The highest BCUT2D eigenvalue weighted by molar-refractivity contribution is 6.24. The number of benzene rings is 4. The largest absolute Gasteiger partial charge is 0.273 e. The first-order chi connectivity index (χ1) is 16.4. The predicted octanol–water partition coefficient (Wildman–Crippen LogP) is 6.93. The Morgan fingerprint density at radius 2 is 1.09 bits per heavy atom. The number of nitrogens with zero attached hydrogens (tertiary/aromatic N) is 1. The number of aryl methyl sites for hydroxylation is 4. The summed E-state index contributed by atoms with van der Waals surface area (Å²) in [7, 11) is 0. The lowest BCUT2D eigenvalue weighted by Gasteiger charge is -2.28. The van der Waals surface area contributed by atoms with E-state index in [0.717, 1.165) is 33.4 Å². The van der Waals surface area contributed by atoms with E-state index >= 15 is 0 Å². The van der Waals surface area contributed by atoms with Gasteiger partial charge in [0, 0.05) is 5.56 Å². The van der Waals surface area contributed by atoms with Gasteiger partial charge in [-0.1, -0.05) is 96.1 Å². The Bertz CT molecular complexity index is 1250. The van der Waals surface area contributed by atoms with Crippen molar-refractivity contribution >= 4 is 17.5 Å². The van der Waals surface area contributed by atoms with Gasteiger partial charge < -0.3 is 0 Å². The van der Waals surface area contributed by atoms with Crippen LogP contribution in [0.4, 0.5) is 5.69 Å². The van der Waals surface area contributed by atoms with Crippen molar-refractivity contribution in [3.63, 3.8) is 0 Å². The van der Waals surface area contributed by atoms with Crippen LogP contribution in [0, 0.1) is 27.7 Å². The van der Waals surface area contributed by atoms with E-state index < -0.39 is 5.92 Å². The molecule has 0 unspecified atom stereocenters. The molecule has 4 aromatic rings. The van der Waals surface area contributed by atoms with Crippen LogP contribution in [-0.2, 0) is 4.79 Å². The number of hydrogen-bond donors (Lipinski definition) is 0. The van der Waals surface area contributed by atoms with Crippen LogP contribution in [0.3, 0.4) is 0 Å². The second-order valence-corrected chi connectivity index (χ2v) is 8.84.